The molecule has 148 valence electrons. The van der Waals surface area contributed by atoms with Crippen LogP contribution in [-0.4, -0.2) is 27.6 Å². The number of halogens is 1. The zero-order valence-corrected chi connectivity index (χ0v) is 17.1. The first-order chi connectivity index (χ1) is 14.0. The number of aromatic nitrogens is 1. The predicted octanol–water partition coefficient (Wildman–Crippen LogP) is 4.28. The van der Waals surface area contributed by atoms with Gasteiger partial charge in [-0.3, -0.25) is 9.59 Å². The molecule has 2 fully saturated rings. The molecule has 4 aliphatic rings. The third kappa shape index (κ3) is 2.79. The second-order valence-corrected chi connectivity index (χ2v) is 8.65. The number of allylic oxidation sites excluding steroid dienone is 2. The highest BCUT2D eigenvalue weighted by Gasteiger charge is 2.56. The highest BCUT2D eigenvalue weighted by Crippen LogP contribution is 2.49. The van der Waals surface area contributed by atoms with Gasteiger partial charge in [0.2, 0.25) is 0 Å². The number of rotatable bonds is 3. The van der Waals surface area contributed by atoms with Gasteiger partial charge < -0.3 is 4.57 Å². The molecule has 2 aromatic rings. The number of aryl methyl sites for hydroxylation is 1. The summed E-state index contributed by atoms with van der Waals surface area (Å²) in [6.45, 7) is 4.00. The van der Waals surface area contributed by atoms with Crippen molar-refractivity contribution >= 4 is 29.6 Å². The standard InChI is InChI=1S/C23H22ClN3O2/c1-13-10-17(14(2)26(13)19-5-3-4-18(24)11-19)12-25-27-22(28)20-15-6-7-16(9-8-15)21(20)23(27)29/h3-7,10-12,15-16,20-21H,8-9H2,1-2H3/b25-12-/t15-,16-,20-,21+/m0/s1. The highest BCUT2D eigenvalue weighted by molar-refractivity contribution is 6.30. The van der Waals surface area contributed by atoms with Crippen LogP contribution in [0.3, 0.4) is 0 Å². The van der Waals surface area contributed by atoms with Gasteiger partial charge >= 0.3 is 0 Å². The van der Waals surface area contributed by atoms with Crippen molar-refractivity contribution in [1.82, 2.24) is 9.58 Å². The Kier molecular flexibility index (Phi) is 4.24. The molecule has 4 atom stereocenters. The van der Waals surface area contributed by atoms with Crippen LogP contribution in [-0.2, 0) is 9.59 Å². The molecule has 1 aromatic heterocycles. The van der Waals surface area contributed by atoms with Crippen LogP contribution in [0.5, 0.6) is 0 Å². The minimum atomic E-state index is -0.234. The molecule has 2 amide bonds. The number of hydrogen-bond donors (Lipinski definition) is 0. The Morgan fingerprint density at radius 2 is 1.69 bits per heavy atom. The second kappa shape index (κ2) is 6.70. The minimum Gasteiger partial charge on any atom is -0.318 e. The quantitative estimate of drug-likeness (QED) is 0.433. The molecule has 3 aliphatic carbocycles. The molecule has 1 saturated carbocycles. The van der Waals surface area contributed by atoms with E-state index in [0.717, 1.165) is 40.5 Å². The summed E-state index contributed by atoms with van der Waals surface area (Å²) >= 11 is 6.15. The summed E-state index contributed by atoms with van der Waals surface area (Å²) in [5, 5.41) is 6.13. The lowest BCUT2D eigenvalue weighted by molar-refractivity contribution is -0.140. The summed E-state index contributed by atoms with van der Waals surface area (Å²) in [6.07, 6.45) is 7.84. The van der Waals surface area contributed by atoms with Crippen LogP contribution in [0.4, 0.5) is 0 Å². The smallest absolute Gasteiger partial charge is 0.254 e. The maximum Gasteiger partial charge on any atom is 0.254 e. The summed E-state index contributed by atoms with van der Waals surface area (Å²) in [6, 6.07) is 9.66. The van der Waals surface area contributed by atoms with E-state index in [1.165, 1.54) is 0 Å². The molecule has 5 nitrogen and oxygen atoms in total. The SMILES string of the molecule is Cc1cc(/C=N\N2C(=O)[C@@H]3[C@H](C2=O)[C@H]2C=C[C@H]3CC2)c(C)n1-c1cccc(Cl)c1. The number of carbonyl (C=O) groups is 2. The highest BCUT2D eigenvalue weighted by atomic mass is 35.5. The number of fused-ring (bicyclic) bond motifs is 1. The average molecular weight is 408 g/mol. The molecule has 2 bridgehead atoms. The van der Waals surface area contributed by atoms with Gasteiger partial charge in [-0.1, -0.05) is 29.8 Å². The van der Waals surface area contributed by atoms with Crippen LogP contribution in [0.1, 0.15) is 29.8 Å². The molecule has 6 rings (SSSR count). The summed E-state index contributed by atoms with van der Waals surface area (Å²) in [5.74, 6) is -0.424. The van der Waals surface area contributed by atoms with Gasteiger partial charge in [0.25, 0.3) is 11.8 Å². The van der Waals surface area contributed by atoms with Crippen LogP contribution in [0.25, 0.3) is 5.69 Å². The number of carbonyl (C=O) groups excluding carboxylic acids is 2. The van der Waals surface area contributed by atoms with Crippen molar-refractivity contribution < 1.29 is 9.59 Å². The lowest BCUT2D eigenvalue weighted by Crippen LogP contribution is -2.38. The van der Waals surface area contributed by atoms with Crippen LogP contribution in [0.15, 0.2) is 47.6 Å². The average Bonchev–Trinajstić information content (AvgIpc) is 3.15. The Morgan fingerprint density at radius 1 is 1.03 bits per heavy atom. The van der Waals surface area contributed by atoms with E-state index in [-0.39, 0.29) is 35.5 Å². The Bertz CT molecular complexity index is 1050. The number of hydrazone groups is 1. The van der Waals surface area contributed by atoms with E-state index in [9.17, 15) is 9.59 Å². The number of benzene rings is 1. The number of amides is 2. The monoisotopic (exact) mass is 407 g/mol. The van der Waals surface area contributed by atoms with E-state index in [1.54, 1.807) is 6.21 Å². The van der Waals surface area contributed by atoms with Gasteiger partial charge in [0.15, 0.2) is 0 Å². The van der Waals surface area contributed by atoms with Gasteiger partial charge in [0.05, 0.1) is 18.1 Å². The van der Waals surface area contributed by atoms with E-state index in [0.29, 0.717) is 5.02 Å². The maximum absolute atomic E-state index is 12.9. The van der Waals surface area contributed by atoms with Gasteiger partial charge in [0, 0.05) is 27.7 Å². The van der Waals surface area contributed by atoms with Gasteiger partial charge in [-0.15, -0.1) is 0 Å². The summed E-state index contributed by atoms with van der Waals surface area (Å²) in [7, 11) is 0. The van der Waals surface area contributed by atoms with Gasteiger partial charge in [-0.2, -0.15) is 10.1 Å². The van der Waals surface area contributed by atoms with E-state index in [2.05, 4.69) is 21.8 Å². The number of imide groups is 1. The molecule has 0 N–H and O–H groups in total. The third-order valence-electron chi connectivity index (χ3n) is 6.59. The molecule has 6 heteroatoms. The molecule has 0 radical (unpaired) electrons. The predicted molar refractivity (Wildman–Crippen MR) is 112 cm³/mol. The van der Waals surface area contributed by atoms with Crippen molar-refractivity contribution in [1.29, 1.82) is 0 Å². The number of nitrogens with zero attached hydrogens (tertiary/aromatic N) is 3. The molecule has 0 unspecified atom stereocenters. The molecule has 1 aliphatic heterocycles. The molecule has 2 heterocycles. The Labute approximate surface area is 174 Å². The van der Waals surface area contributed by atoms with Crippen molar-refractivity contribution in [2.24, 2.45) is 28.8 Å². The van der Waals surface area contributed by atoms with E-state index >= 15 is 0 Å². The van der Waals surface area contributed by atoms with Crippen LogP contribution >= 0.6 is 11.6 Å². The van der Waals surface area contributed by atoms with Crippen molar-refractivity contribution in [2.45, 2.75) is 26.7 Å². The van der Waals surface area contributed by atoms with Crippen LogP contribution in [0, 0.1) is 37.5 Å². The minimum absolute atomic E-state index is 0.154. The molecule has 1 aromatic carbocycles. The van der Waals surface area contributed by atoms with Crippen molar-refractivity contribution in [3.05, 3.63) is 64.5 Å². The Balaban J connectivity index is 1.45. The molecule has 1 saturated heterocycles. The fourth-order valence-electron chi connectivity index (χ4n) is 5.22. The van der Waals surface area contributed by atoms with Crippen molar-refractivity contribution in [2.75, 3.05) is 0 Å². The molecule has 29 heavy (non-hydrogen) atoms. The molecular weight excluding hydrogens is 386 g/mol. The topological polar surface area (TPSA) is 54.7 Å². The van der Waals surface area contributed by atoms with Crippen LogP contribution in [0.2, 0.25) is 5.02 Å². The van der Waals surface area contributed by atoms with Crippen molar-refractivity contribution in [3.63, 3.8) is 0 Å². The van der Waals surface area contributed by atoms with Crippen LogP contribution < -0.4 is 0 Å². The van der Waals surface area contributed by atoms with Gasteiger partial charge in [-0.25, -0.2) is 0 Å². The Morgan fingerprint density at radius 3 is 2.28 bits per heavy atom. The second-order valence-electron chi connectivity index (χ2n) is 8.22. The van der Waals surface area contributed by atoms with E-state index in [4.69, 9.17) is 11.6 Å². The van der Waals surface area contributed by atoms with Gasteiger partial charge in [0.1, 0.15) is 0 Å². The van der Waals surface area contributed by atoms with E-state index < -0.39 is 0 Å². The largest absolute Gasteiger partial charge is 0.318 e. The first-order valence-electron chi connectivity index (χ1n) is 10.0. The zero-order valence-electron chi connectivity index (χ0n) is 16.4. The van der Waals surface area contributed by atoms with Gasteiger partial charge in [-0.05, 0) is 62.8 Å². The number of hydrogen-bond acceptors (Lipinski definition) is 3. The summed E-state index contributed by atoms with van der Waals surface area (Å²) in [4.78, 5) is 25.8. The lowest BCUT2D eigenvalue weighted by Gasteiger charge is -2.37. The van der Waals surface area contributed by atoms with E-state index in [1.807, 2.05) is 44.2 Å². The fourth-order valence-corrected chi connectivity index (χ4v) is 5.41. The summed E-state index contributed by atoms with van der Waals surface area (Å²) < 4.78 is 2.09. The first kappa shape index (κ1) is 18.4. The first-order valence-corrected chi connectivity index (χ1v) is 10.4. The zero-order chi connectivity index (χ0) is 20.3. The van der Waals surface area contributed by atoms with Crippen molar-refractivity contribution in [3.8, 4) is 5.69 Å². The maximum atomic E-state index is 12.9. The molecule has 0 spiro atoms. The third-order valence-corrected chi connectivity index (χ3v) is 6.82. The molecular formula is C23H22ClN3O2. The Hall–Kier alpha value is -2.66. The fraction of sp³-hybridized carbons (Fsp3) is 0.348. The lowest BCUT2D eigenvalue weighted by atomic mass is 9.63. The summed E-state index contributed by atoms with van der Waals surface area (Å²) in [5.41, 5.74) is 3.85. The normalized spacial score (nSPS) is 28.0.